The molecule has 5 nitrogen and oxygen atoms in total. The zero-order chi connectivity index (χ0) is 16.6. The van der Waals surface area contributed by atoms with Gasteiger partial charge in [-0.05, 0) is 24.6 Å². The Morgan fingerprint density at radius 1 is 1.26 bits per heavy atom. The molecule has 0 aliphatic heterocycles. The lowest BCUT2D eigenvalue weighted by Gasteiger charge is -2.11. The second kappa shape index (κ2) is 6.18. The third kappa shape index (κ3) is 2.78. The van der Waals surface area contributed by atoms with Crippen molar-refractivity contribution >= 4 is 34.1 Å². The van der Waals surface area contributed by atoms with Crippen molar-refractivity contribution in [3.05, 3.63) is 62.4 Å². The van der Waals surface area contributed by atoms with Crippen molar-refractivity contribution in [2.45, 2.75) is 13.5 Å². The summed E-state index contributed by atoms with van der Waals surface area (Å²) in [5.74, 6) is 0.337. The number of fused-ring (bicyclic) bond motifs is 1. The van der Waals surface area contributed by atoms with Crippen LogP contribution in [0.4, 0.5) is 0 Å². The number of methoxy groups -OCH3 is 1. The smallest absolute Gasteiger partial charge is 0.263 e. The number of rotatable bonds is 3. The molecule has 0 unspecified atom stereocenters. The third-order valence-corrected chi connectivity index (χ3v) is 4.18. The number of nitrogens with zero attached hydrogens (tertiary/aromatic N) is 3. The zero-order valence-corrected chi connectivity index (χ0v) is 14.0. The van der Waals surface area contributed by atoms with Crippen LogP contribution in [0.1, 0.15) is 11.3 Å². The summed E-state index contributed by atoms with van der Waals surface area (Å²) in [7, 11) is 1.47. The minimum Gasteiger partial charge on any atom is -0.493 e. The zero-order valence-electron chi connectivity index (χ0n) is 12.5. The summed E-state index contributed by atoms with van der Waals surface area (Å²) in [5.41, 5.74) is 1.89. The van der Waals surface area contributed by atoms with Gasteiger partial charge in [0, 0.05) is 6.20 Å². The first-order valence-electron chi connectivity index (χ1n) is 6.84. The molecule has 1 aromatic carbocycles. The minimum absolute atomic E-state index is 0.246. The van der Waals surface area contributed by atoms with E-state index in [1.54, 1.807) is 6.20 Å². The number of hydrogen-bond acceptors (Lipinski definition) is 4. The predicted molar refractivity (Wildman–Crippen MR) is 90.7 cm³/mol. The largest absolute Gasteiger partial charge is 0.493 e. The van der Waals surface area contributed by atoms with Crippen molar-refractivity contribution in [3.63, 3.8) is 0 Å². The Balaban J connectivity index is 2.20. The van der Waals surface area contributed by atoms with Crippen molar-refractivity contribution in [2.24, 2.45) is 0 Å². The van der Waals surface area contributed by atoms with Crippen LogP contribution in [0.25, 0.3) is 10.9 Å². The van der Waals surface area contributed by atoms with E-state index in [0.717, 1.165) is 11.3 Å². The number of benzene rings is 1. The Labute approximate surface area is 142 Å². The van der Waals surface area contributed by atoms with E-state index >= 15 is 0 Å². The summed E-state index contributed by atoms with van der Waals surface area (Å²) in [4.78, 5) is 21.4. The van der Waals surface area contributed by atoms with Crippen molar-refractivity contribution < 1.29 is 4.74 Å². The Bertz CT molecular complexity index is 954. The molecule has 2 aromatic heterocycles. The highest BCUT2D eigenvalue weighted by Crippen LogP contribution is 2.35. The molecular formula is C16H13Cl2N3O2. The fraction of sp³-hybridized carbons (Fsp3) is 0.188. The lowest BCUT2D eigenvalue weighted by atomic mass is 10.2. The van der Waals surface area contributed by atoms with Gasteiger partial charge in [0.15, 0.2) is 5.75 Å². The molecule has 0 aliphatic carbocycles. The summed E-state index contributed by atoms with van der Waals surface area (Å²) in [5, 5.41) is 0.842. The maximum Gasteiger partial charge on any atom is 0.263 e. The Morgan fingerprint density at radius 2 is 2.04 bits per heavy atom. The number of aryl methyl sites for hydroxylation is 1. The number of halogens is 2. The molecule has 0 atom stereocenters. The molecule has 7 heteroatoms. The maximum absolute atomic E-state index is 12.8. The minimum atomic E-state index is -0.264. The first-order valence-corrected chi connectivity index (χ1v) is 7.60. The van der Waals surface area contributed by atoms with Gasteiger partial charge < -0.3 is 4.74 Å². The van der Waals surface area contributed by atoms with Gasteiger partial charge in [-0.1, -0.05) is 29.3 Å². The predicted octanol–water partition coefficient (Wildman–Crippen LogP) is 3.46. The van der Waals surface area contributed by atoms with Crippen LogP contribution >= 0.6 is 23.2 Å². The first kappa shape index (κ1) is 15.8. The summed E-state index contributed by atoms with van der Waals surface area (Å²) >= 11 is 12.3. The standard InChI is InChI=1S/C16H13Cl2N3O2/c1-9-4-3-5-19-12(9)7-21-8-20-14-13(16(21)22)10(17)6-11(18)15(14)23-2/h3-6,8H,7H2,1-2H3. The fourth-order valence-electron chi connectivity index (χ4n) is 2.39. The molecule has 2 heterocycles. The van der Waals surface area contributed by atoms with Gasteiger partial charge in [-0.3, -0.25) is 14.3 Å². The molecule has 23 heavy (non-hydrogen) atoms. The maximum atomic E-state index is 12.8. The van der Waals surface area contributed by atoms with E-state index in [9.17, 15) is 4.79 Å². The van der Waals surface area contributed by atoms with Gasteiger partial charge in [0.1, 0.15) is 5.52 Å². The average molecular weight is 350 g/mol. The molecule has 0 N–H and O–H groups in total. The van der Waals surface area contributed by atoms with E-state index in [1.165, 1.54) is 24.1 Å². The molecule has 0 amide bonds. The fourth-order valence-corrected chi connectivity index (χ4v) is 3.00. The quantitative estimate of drug-likeness (QED) is 0.726. The molecule has 0 fully saturated rings. The normalized spacial score (nSPS) is 11.0. The molecule has 3 aromatic rings. The highest BCUT2D eigenvalue weighted by Gasteiger charge is 2.16. The van der Waals surface area contributed by atoms with Gasteiger partial charge in [0.05, 0.1) is 41.1 Å². The Hall–Kier alpha value is -2.11. The summed E-state index contributed by atoms with van der Waals surface area (Å²) in [6.07, 6.45) is 3.14. The molecule has 0 spiro atoms. The van der Waals surface area contributed by atoms with Gasteiger partial charge in [-0.25, -0.2) is 4.98 Å². The Morgan fingerprint density at radius 3 is 2.74 bits per heavy atom. The van der Waals surface area contributed by atoms with Crippen LogP contribution in [-0.4, -0.2) is 21.6 Å². The van der Waals surface area contributed by atoms with E-state index in [-0.39, 0.29) is 16.0 Å². The highest BCUT2D eigenvalue weighted by molar-refractivity contribution is 6.39. The van der Waals surface area contributed by atoms with Gasteiger partial charge >= 0.3 is 0 Å². The van der Waals surface area contributed by atoms with Crippen LogP contribution in [0.3, 0.4) is 0 Å². The van der Waals surface area contributed by atoms with Crippen LogP contribution < -0.4 is 10.3 Å². The molecular weight excluding hydrogens is 337 g/mol. The monoisotopic (exact) mass is 349 g/mol. The van der Waals surface area contributed by atoms with Crippen LogP contribution in [-0.2, 0) is 6.54 Å². The van der Waals surface area contributed by atoms with Gasteiger partial charge in [-0.15, -0.1) is 0 Å². The van der Waals surface area contributed by atoms with Crippen LogP contribution in [0, 0.1) is 6.92 Å². The molecule has 0 saturated heterocycles. The number of hydrogen-bond donors (Lipinski definition) is 0. The molecule has 0 bridgehead atoms. The van der Waals surface area contributed by atoms with E-state index in [1.807, 2.05) is 19.1 Å². The van der Waals surface area contributed by atoms with Gasteiger partial charge in [0.2, 0.25) is 0 Å². The lowest BCUT2D eigenvalue weighted by Crippen LogP contribution is -2.22. The molecule has 0 saturated carbocycles. The Kier molecular flexibility index (Phi) is 4.24. The summed E-state index contributed by atoms with van der Waals surface area (Å²) in [6, 6.07) is 5.28. The average Bonchev–Trinajstić information content (AvgIpc) is 2.52. The van der Waals surface area contributed by atoms with Gasteiger partial charge in [0.25, 0.3) is 5.56 Å². The third-order valence-electron chi connectivity index (χ3n) is 3.60. The van der Waals surface area contributed by atoms with Crippen molar-refractivity contribution in [2.75, 3.05) is 7.11 Å². The number of aromatic nitrogens is 3. The van der Waals surface area contributed by atoms with Crippen molar-refractivity contribution in [1.29, 1.82) is 0 Å². The molecule has 3 rings (SSSR count). The van der Waals surface area contributed by atoms with Crippen LogP contribution in [0.15, 0.2) is 35.5 Å². The van der Waals surface area contributed by atoms with Crippen molar-refractivity contribution in [3.8, 4) is 5.75 Å². The van der Waals surface area contributed by atoms with Crippen LogP contribution in [0.2, 0.25) is 10.0 Å². The van der Waals surface area contributed by atoms with E-state index in [2.05, 4.69) is 9.97 Å². The van der Waals surface area contributed by atoms with Crippen molar-refractivity contribution in [1.82, 2.24) is 14.5 Å². The van der Waals surface area contributed by atoms with E-state index in [4.69, 9.17) is 27.9 Å². The van der Waals surface area contributed by atoms with Crippen LogP contribution in [0.5, 0.6) is 5.75 Å². The lowest BCUT2D eigenvalue weighted by molar-refractivity contribution is 0.419. The number of pyridine rings is 1. The topological polar surface area (TPSA) is 57.0 Å². The summed E-state index contributed by atoms with van der Waals surface area (Å²) < 4.78 is 6.70. The van der Waals surface area contributed by atoms with E-state index < -0.39 is 0 Å². The molecule has 0 radical (unpaired) electrons. The molecule has 0 aliphatic rings. The highest BCUT2D eigenvalue weighted by atomic mass is 35.5. The molecule has 118 valence electrons. The summed E-state index contributed by atoms with van der Waals surface area (Å²) in [6.45, 7) is 2.26. The van der Waals surface area contributed by atoms with Gasteiger partial charge in [-0.2, -0.15) is 0 Å². The number of ether oxygens (including phenoxy) is 1. The SMILES string of the molecule is COc1c(Cl)cc(Cl)c2c(=O)n(Cc3ncccc3C)cnc12. The second-order valence-corrected chi connectivity index (χ2v) is 5.86. The first-order chi connectivity index (χ1) is 11.0. The van der Waals surface area contributed by atoms with E-state index in [0.29, 0.717) is 22.8 Å². The second-order valence-electron chi connectivity index (χ2n) is 5.04.